The van der Waals surface area contributed by atoms with Crippen molar-refractivity contribution in [2.45, 2.75) is 25.7 Å². The molecule has 1 heterocycles. The molecule has 154 valence electrons. The molecule has 5 rings (SSSR count). The van der Waals surface area contributed by atoms with Crippen LogP contribution in [0.1, 0.15) is 30.7 Å². The number of aromatic hydroxyl groups is 1. The molecule has 0 aliphatic heterocycles. The molecule has 0 saturated carbocycles. The number of hydrogen-bond acceptors (Lipinski definition) is 3. The summed E-state index contributed by atoms with van der Waals surface area (Å²) in [7, 11) is 0. The fraction of sp³-hybridized carbons (Fsp3) is 0.179. The number of benzene rings is 3. The Labute approximate surface area is 182 Å². The van der Waals surface area contributed by atoms with Crippen LogP contribution in [0.4, 0.5) is 0 Å². The smallest absolute Gasteiger partial charge is 0.223 e. The first-order chi connectivity index (χ1) is 15.3. The topological polar surface area (TPSA) is 46.3 Å². The van der Waals surface area contributed by atoms with Crippen molar-refractivity contribution < 1.29 is 9.52 Å². The van der Waals surface area contributed by atoms with Gasteiger partial charge in [-0.25, -0.2) is 4.98 Å². The molecule has 3 heteroatoms. The molecule has 1 aromatic heterocycles. The lowest BCUT2D eigenvalue weighted by molar-refractivity contribution is 0.472. The van der Waals surface area contributed by atoms with Gasteiger partial charge in [0, 0.05) is 16.7 Å². The van der Waals surface area contributed by atoms with Crippen LogP contribution >= 0.6 is 0 Å². The van der Waals surface area contributed by atoms with E-state index in [1.54, 1.807) is 6.07 Å². The molecule has 0 bridgehead atoms. The maximum absolute atomic E-state index is 9.87. The van der Waals surface area contributed by atoms with Crippen LogP contribution < -0.4 is 0 Å². The number of aromatic nitrogens is 1. The van der Waals surface area contributed by atoms with Gasteiger partial charge in [-0.05, 0) is 49.3 Å². The van der Waals surface area contributed by atoms with Gasteiger partial charge in [0.25, 0.3) is 0 Å². The summed E-state index contributed by atoms with van der Waals surface area (Å²) in [5.41, 5.74) is 5.27. The molecule has 3 nitrogen and oxygen atoms in total. The van der Waals surface area contributed by atoms with E-state index in [0.717, 1.165) is 53.8 Å². The lowest BCUT2D eigenvalue weighted by atomic mass is 9.83. The third-order valence-electron chi connectivity index (χ3n) is 5.91. The Bertz CT molecular complexity index is 1140. The van der Waals surface area contributed by atoms with E-state index in [1.807, 2.05) is 48.5 Å². The molecule has 0 spiro atoms. The normalized spacial score (nSPS) is 16.1. The SMILES string of the molecule is Oc1cccc(C[C@@H]2CCCC=C2c2nc(-c3ccccc3)c(-c3ccccc3)o2)c1. The van der Waals surface area contributed by atoms with Gasteiger partial charge in [0.15, 0.2) is 5.76 Å². The van der Waals surface area contributed by atoms with Crippen molar-refractivity contribution in [2.75, 3.05) is 0 Å². The maximum atomic E-state index is 9.87. The van der Waals surface area contributed by atoms with Crippen LogP contribution in [0.2, 0.25) is 0 Å². The monoisotopic (exact) mass is 407 g/mol. The summed E-state index contributed by atoms with van der Waals surface area (Å²) in [5.74, 6) is 2.15. The fourth-order valence-corrected chi connectivity index (χ4v) is 4.41. The van der Waals surface area contributed by atoms with Crippen LogP contribution in [-0.2, 0) is 6.42 Å². The Morgan fingerprint density at radius 1 is 0.871 bits per heavy atom. The van der Waals surface area contributed by atoms with Gasteiger partial charge in [-0.15, -0.1) is 0 Å². The van der Waals surface area contributed by atoms with E-state index in [1.165, 1.54) is 5.57 Å². The van der Waals surface area contributed by atoms with Crippen LogP contribution in [0, 0.1) is 5.92 Å². The third kappa shape index (κ3) is 4.17. The zero-order valence-corrected chi connectivity index (χ0v) is 17.4. The van der Waals surface area contributed by atoms with E-state index in [-0.39, 0.29) is 0 Å². The molecular weight excluding hydrogens is 382 g/mol. The maximum Gasteiger partial charge on any atom is 0.223 e. The number of phenolic OH excluding ortho intramolecular Hbond substituents is 1. The van der Waals surface area contributed by atoms with E-state index in [2.05, 4.69) is 36.4 Å². The Kier molecular flexibility index (Phi) is 5.40. The Morgan fingerprint density at radius 3 is 2.35 bits per heavy atom. The van der Waals surface area contributed by atoms with Gasteiger partial charge in [0.1, 0.15) is 11.4 Å². The number of oxazole rings is 1. The minimum atomic E-state index is 0.313. The van der Waals surface area contributed by atoms with Gasteiger partial charge in [-0.2, -0.15) is 0 Å². The summed E-state index contributed by atoms with van der Waals surface area (Å²) in [6, 6.07) is 28.0. The predicted molar refractivity (Wildman–Crippen MR) is 125 cm³/mol. The van der Waals surface area contributed by atoms with Gasteiger partial charge < -0.3 is 9.52 Å². The molecule has 0 saturated heterocycles. The highest BCUT2D eigenvalue weighted by Gasteiger charge is 2.26. The largest absolute Gasteiger partial charge is 0.508 e. The van der Waals surface area contributed by atoms with Gasteiger partial charge in [-0.1, -0.05) is 78.9 Å². The molecule has 1 aliphatic carbocycles. The van der Waals surface area contributed by atoms with E-state index in [9.17, 15) is 5.11 Å². The standard InChI is InChI=1S/C28H25NO2/c30-24-16-9-10-20(19-24)18-23-15-7-8-17-25(23)28-29-26(21-11-3-1-4-12-21)27(31-28)22-13-5-2-6-14-22/h1-6,9-14,16-17,19,23,30H,7-8,15,18H2/t23-/m0/s1. The first kappa shape index (κ1) is 19.4. The average Bonchev–Trinajstić information content (AvgIpc) is 3.26. The van der Waals surface area contributed by atoms with Crippen LogP contribution in [0.15, 0.2) is 95.4 Å². The number of phenols is 1. The van der Waals surface area contributed by atoms with Crippen LogP contribution in [0.5, 0.6) is 5.75 Å². The van der Waals surface area contributed by atoms with Crippen LogP contribution in [-0.4, -0.2) is 10.1 Å². The molecule has 1 atom stereocenters. The molecular formula is C28H25NO2. The Hall–Kier alpha value is -3.59. The van der Waals surface area contributed by atoms with E-state index >= 15 is 0 Å². The second kappa shape index (κ2) is 8.65. The number of nitrogens with zero attached hydrogens (tertiary/aromatic N) is 1. The van der Waals surface area contributed by atoms with Gasteiger partial charge >= 0.3 is 0 Å². The van der Waals surface area contributed by atoms with Crippen LogP contribution in [0.3, 0.4) is 0 Å². The molecule has 0 unspecified atom stereocenters. The summed E-state index contributed by atoms with van der Waals surface area (Å²) < 4.78 is 6.46. The quantitative estimate of drug-likeness (QED) is 0.382. The Morgan fingerprint density at radius 2 is 1.61 bits per heavy atom. The van der Waals surface area contributed by atoms with E-state index < -0.39 is 0 Å². The van der Waals surface area contributed by atoms with Crippen molar-refractivity contribution in [2.24, 2.45) is 5.92 Å². The van der Waals surface area contributed by atoms with Gasteiger partial charge in [0.05, 0.1) is 0 Å². The molecule has 1 N–H and O–H groups in total. The minimum Gasteiger partial charge on any atom is -0.508 e. The van der Waals surface area contributed by atoms with E-state index in [4.69, 9.17) is 9.40 Å². The minimum absolute atomic E-state index is 0.313. The average molecular weight is 408 g/mol. The van der Waals surface area contributed by atoms with E-state index in [0.29, 0.717) is 17.6 Å². The summed E-state index contributed by atoms with van der Waals surface area (Å²) in [6.07, 6.45) is 6.43. The molecule has 31 heavy (non-hydrogen) atoms. The summed E-state index contributed by atoms with van der Waals surface area (Å²) >= 11 is 0. The highest BCUT2D eigenvalue weighted by Crippen LogP contribution is 2.40. The summed E-state index contributed by atoms with van der Waals surface area (Å²) in [4.78, 5) is 5.01. The Balaban J connectivity index is 1.56. The molecule has 3 aromatic carbocycles. The highest BCUT2D eigenvalue weighted by atomic mass is 16.4. The van der Waals surface area contributed by atoms with Gasteiger partial charge in [-0.3, -0.25) is 0 Å². The van der Waals surface area contributed by atoms with Crippen molar-refractivity contribution in [3.05, 3.63) is 102 Å². The zero-order chi connectivity index (χ0) is 21.0. The lowest BCUT2D eigenvalue weighted by Crippen LogP contribution is -2.11. The van der Waals surface area contributed by atoms with Gasteiger partial charge in [0.2, 0.25) is 5.89 Å². The highest BCUT2D eigenvalue weighted by molar-refractivity contribution is 5.79. The van der Waals surface area contributed by atoms with Crippen LogP contribution in [0.25, 0.3) is 28.2 Å². The molecule has 0 fully saturated rings. The zero-order valence-electron chi connectivity index (χ0n) is 17.4. The van der Waals surface area contributed by atoms with Crippen molar-refractivity contribution in [3.63, 3.8) is 0 Å². The number of hydrogen-bond donors (Lipinski definition) is 1. The van der Waals surface area contributed by atoms with Crippen molar-refractivity contribution in [1.82, 2.24) is 4.98 Å². The number of rotatable bonds is 5. The second-order valence-electron chi connectivity index (χ2n) is 8.09. The summed E-state index contributed by atoms with van der Waals surface area (Å²) in [6.45, 7) is 0. The lowest BCUT2D eigenvalue weighted by Gasteiger charge is -2.22. The second-order valence-corrected chi connectivity index (χ2v) is 8.09. The van der Waals surface area contributed by atoms with Crippen molar-refractivity contribution in [3.8, 4) is 28.3 Å². The summed E-state index contributed by atoms with van der Waals surface area (Å²) in [5, 5.41) is 9.87. The fourth-order valence-electron chi connectivity index (χ4n) is 4.41. The molecule has 1 aliphatic rings. The molecule has 0 radical (unpaired) electrons. The molecule has 4 aromatic rings. The van der Waals surface area contributed by atoms with Crippen molar-refractivity contribution >= 4 is 5.57 Å². The predicted octanol–water partition coefficient (Wildman–Crippen LogP) is 7.14. The number of allylic oxidation sites excluding steroid dienone is 2. The molecule has 0 amide bonds. The first-order valence-corrected chi connectivity index (χ1v) is 10.9. The van der Waals surface area contributed by atoms with Crippen molar-refractivity contribution in [1.29, 1.82) is 0 Å². The third-order valence-corrected chi connectivity index (χ3v) is 5.91. The first-order valence-electron chi connectivity index (χ1n) is 10.9.